The molecule has 1 saturated heterocycles. The molecule has 2 amide bonds. The van der Waals surface area contributed by atoms with E-state index in [1.54, 1.807) is 19.1 Å². The van der Waals surface area contributed by atoms with Gasteiger partial charge in [-0.1, -0.05) is 25.1 Å². The number of hydrogen-bond donors (Lipinski definition) is 1. The van der Waals surface area contributed by atoms with Crippen molar-refractivity contribution in [1.29, 1.82) is 0 Å². The van der Waals surface area contributed by atoms with Crippen LogP contribution in [0.1, 0.15) is 55.5 Å². The number of rotatable bonds is 4. The van der Waals surface area contributed by atoms with Crippen LogP contribution in [-0.4, -0.2) is 59.4 Å². The van der Waals surface area contributed by atoms with Gasteiger partial charge >= 0.3 is 0 Å². The highest BCUT2D eigenvalue weighted by Gasteiger charge is 2.50. The van der Waals surface area contributed by atoms with E-state index in [-0.39, 0.29) is 24.4 Å². The largest absolute Gasteiger partial charge is 0.497 e. The number of aromatic amines is 1. The van der Waals surface area contributed by atoms with Gasteiger partial charge in [0.1, 0.15) is 30.1 Å². The number of amides is 2. The van der Waals surface area contributed by atoms with Crippen molar-refractivity contribution in [2.24, 2.45) is 5.92 Å². The normalized spacial score (nSPS) is 26.1. The van der Waals surface area contributed by atoms with Crippen LogP contribution in [0.15, 0.2) is 42.5 Å². The summed E-state index contributed by atoms with van der Waals surface area (Å²) in [6, 6.07) is 12.9. The third-order valence-corrected chi connectivity index (χ3v) is 8.45. The van der Waals surface area contributed by atoms with Gasteiger partial charge in [-0.25, -0.2) is 0 Å². The van der Waals surface area contributed by atoms with Gasteiger partial charge in [-0.15, -0.1) is 0 Å². The summed E-state index contributed by atoms with van der Waals surface area (Å²) in [5.74, 6) is 2.07. The Morgan fingerprint density at radius 1 is 0.972 bits per heavy atom. The van der Waals surface area contributed by atoms with Crippen LogP contribution < -0.4 is 9.47 Å². The van der Waals surface area contributed by atoms with Crippen LogP contribution in [0.25, 0.3) is 10.9 Å². The van der Waals surface area contributed by atoms with Crippen LogP contribution in [0.3, 0.4) is 0 Å². The second-order valence-electron chi connectivity index (χ2n) is 10.5. The molecule has 0 radical (unpaired) electrons. The lowest BCUT2D eigenvalue weighted by molar-refractivity contribution is -0.161. The standard InChI is InChI=1S/C29H33N3O4/c1-17-8-10-18(11-9-17)31-16-26(33)32-24(29(31)34)15-21-20-6-4-5-7-23(20)30-27(21)28(32)22-14-19(35-2)12-13-25(22)36-3/h4-7,12-14,17-18,24,28,30H,8-11,15-16H2,1-3H3/t17?,18?,24-,28+/m0/s1. The fraction of sp³-hybridized carbons (Fsp3) is 0.448. The van der Waals surface area contributed by atoms with Crippen molar-refractivity contribution >= 4 is 22.7 Å². The van der Waals surface area contributed by atoms with E-state index in [2.05, 4.69) is 18.0 Å². The number of ether oxygens (including phenoxy) is 2. The van der Waals surface area contributed by atoms with Crippen molar-refractivity contribution in [2.75, 3.05) is 20.8 Å². The Hall–Kier alpha value is -3.48. The quantitative estimate of drug-likeness (QED) is 0.590. The number of hydrogen-bond acceptors (Lipinski definition) is 4. The van der Waals surface area contributed by atoms with Crippen LogP contribution in [0, 0.1) is 5.92 Å². The Labute approximate surface area is 211 Å². The minimum absolute atomic E-state index is 0.0163. The van der Waals surface area contributed by atoms with Gasteiger partial charge in [-0.05, 0) is 61.4 Å². The molecule has 0 spiro atoms. The molecule has 7 heteroatoms. The number of piperazine rings is 1. The average molecular weight is 488 g/mol. The summed E-state index contributed by atoms with van der Waals surface area (Å²) in [5.41, 5.74) is 3.87. The first-order valence-corrected chi connectivity index (χ1v) is 12.9. The zero-order chi connectivity index (χ0) is 25.0. The first-order chi connectivity index (χ1) is 17.5. The van der Waals surface area contributed by atoms with E-state index < -0.39 is 12.1 Å². The highest BCUT2D eigenvalue weighted by atomic mass is 16.5. The van der Waals surface area contributed by atoms with Crippen LogP contribution in [0.4, 0.5) is 0 Å². The molecule has 2 aromatic carbocycles. The number of fused-ring (bicyclic) bond motifs is 4. The lowest BCUT2D eigenvalue weighted by atomic mass is 9.83. The summed E-state index contributed by atoms with van der Waals surface area (Å²) in [6.07, 6.45) is 4.66. The molecule has 3 aromatic rings. The molecule has 1 aromatic heterocycles. The maximum absolute atomic E-state index is 14.1. The average Bonchev–Trinajstić information content (AvgIpc) is 3.28. The number of H-pyrrole nitrogens is 1. The van der Waals surface area contributed by atoms with Crippen molar-refractivity contribution in [3.8, 4) is 11.5 Å². The smallest absolute Gasteiger partial charge is 0.246 e. The molecular weight excluding hydrogens is 454 g/mol. The van der Waals surface area contributed by atoms with E-state index in [1.807, 2.05) is 41.3 Å². The number of carbonyl (C=O) groups excluding carboxylic acids is 2. The maximum Gasteiger partial charge on any atom is 0.246 e. The predicted molar refractivity (Wildman–Crippen MR) is 137 cm³/mol. The number of carbonyl (C=O) groups is 2. The number of nitrogens with zero attached hydrogens (tertiary/aromatic N) is 2. The molecule has 6 rings (SSSR count). The summed E-state index contributed by atoms with van der Waals surface area (Å²) < 4.78 is 11.3. The molecule has 2 fully saturated rings. The van der Waals surface area contributed by atoms with Crippen LogP contribution >= 0.6 is 0 Å². The molecule has 0 unspecified atom stereocenters. The van der Waals surface area contributed by atoms with E-state index in [0.29, 0.717) is 23.8 Å². The molecule has 0 bridgehead atoms. The molecule has 188 valence electrons. The Bertz CT molecular complexity index is 1320. The predicted octanol–water partition coefficient (Wildman–Crippen LogP) is 4.45. The van der Waals surface area contributed by atoms with Crippen molar-refractivity contribution in [1.82, 2.24) is 14.8 Å². The van der Waals surface area contributed by atoms with Crippen molar-refractivity contribution < 1.29 is 19.1 Å². The molecule has 36 heavy (non-hydrogen) atoms. The molecular formula is C29H33N3O4. The monoisotopic (exact) mass is 487 g/mol. The van der Waals surface area contributed by atoms with E-state index in [0.717, 1.165) is 53.4 Å². The van der Waals surface area contributed by atoms with Gasteiger partial charge in [-0.2, -0.15) is 0 Å². The summed E-state index contributed by atoms with van der Waals surface area (Å²) in [5, 5.41) is 1.10. The zero-order valence-corrected chi connectivity index (χ0v) is 21.1. The van der Waals surface area contributed by atoms with Gasteiger partial charge in [-0.3, -0.25) is 9.59 Å². The molecule has 7 nitrogen and oxygen atoms in total. The lowest BCUT2D eigenvalue weighted by Gasteiger charge is -2.49. The number of aromatic nitrogens is 1. The Morgan fingerprint density at radius 3 is 2.50 bits per heavy atom. The van der Waals surface area contributed by atoms with Crippen molar-refractivity contribution in [3.05, 3.63) is 59.3 Å². The van der Waals surface area contributed by atoms with Crippen molar-refractivity contribution in [3.63, 3.8) is 0 Å². The van der Waals surface area contributed by atoms with Crippen molar-refractivity contribution in [2.45, 2.75) is 57.2 Å². The second kappa shape index (κ2) is 8.87. The van der Waals surface area contributed by atoms with E-state index >= 15 is 0 Å². The Kier molecular flexibility index (Phi) is 5.66. The third-order valence-electron chi connectivity index (χ3n) is 8.45. The summed E-state index contributed by atoms with van der Waals surface area (Å²) in [7, 11) is 3.26. The number of methoxy groups -OCH3 is 2. The molecule has 1 N–H and O–H groups in total. The van der Waals surface area contributed by atoms with Gasteiger partial charge in [0.25, 0.3) is 0 Å². The molecule has 3 aliphatic rings. The minimum atomic E-state index is -0.543. The first kappa shape index (κ1) is 23.0. The van der Waals surface area contributed by atoms with Gasteiger partial charge in [0.15, 0.2) is 0 Å². The molecule has 3 heterocycles. The van der Waals surface area contributed by atoms with Crippen LogP contribution in [-0.2, 0) is 16.0 Å². The molecule has 1 saturated carbocycles. The van der Waals surface area contributed by atoms with Gasteiger partial charge in [0.2, 0.25) is 11.8 Å². The zero-order valence-electron chi connectivity index (χ0n) is 21.1. The number of benzene rings is 2. The molecule has 2 aliphatic heterocycles. The third kappa shape index (κ3) is 3.55. The van der Waals surface area contributed by atoms with E-state index in [9.17, 15) is 9.59 Å². The van der Waals surface area contributed by atoms with Gasteiger partial charge in [0, 0.05) is 34.6 Å². The second-order valence-corrected chi connectivity index (χ2v) is 10.5. The minimum Gasteiger partial charge on any atom is -0.497 e. The fourth-order valence-corrected chi connectivity index (χ4v) is 6.53. The summed E-state index contributed by atoms with van der Waals surface area (Å²) in [6.45, 7) is 2.40. The summed E-state index contributed by atoms with van der Waals surface area (Å²) >= 11 is 0. The Morgan fingerprint density at radius 2 is 1.75 bits per heavy atom. The summed E-state index contributed by atoms with van der Waals surface area (Å²) in [4.78, 5) is 35.2. The van der Waals surface area contributed by atoms with Crippen LogP contribution in [0.2, 0.25) is 0 Å². The highest BCUT2D eigenvalue weighted by Crippen LogP contribution is 2.46. The van der Waals surface area contributed by atoms with E-state index in [1.165, 1.54) is 0 Å². The SMILES string of the molecule is COc1ccc(OC)c([C@@H]2c3[nH]c4ccccc4c3C[C@H]3C(=O)N(C4CCC(C)CC4)CC(=O)N23)c1. The topological polar surface area (TPSA) is 74.9 Å². The van der Waals surface area contributed by atoms with Gasteiger partial charge < -0.3 is 24.3 Å². The fourth-order valence-electron chi connectivity index (χ4n) is 6.53. The highest BCUT2D eigenvalue weighted by molar-refractivity contribution is 5.98. The maximum atomic E-state index is 14.1. The van der Waals surface area contributed by atoms with Crippen LogP contribution in [0.5, 0.6) is 11.5 Å². The van der Waals surface area contributed by atoms with Gasteiger partial charge in [0.05, 0.1) is 14.2 Å². The lowest BCUT2D eigenvalue weighted by Crippen LogP contribution is -2.65. The van der Waals surface area contributed by atoms with E-state index in [4.69, 9.17) is 9.47 Å². The number of para-hydroxylation sites is 1. The molecule has 1 aliphatic carbocycles. The number of nitrogens with one attached hydrogen (secondary N) is 1. The molecule has 2 atom stereocenters. The first-order valence-electron chi connectivity index (χ1n) is 12.9. The Balaban J connectivity index is 1.49.